The fourth-order valence-corrected chi connectivity index (χ4v) is 3.18. The molecule has 3 heteroatoms. The predicted molar refractivity (Wildman–Crippen MR) is 69.5 cm³/mol. The second-order valence-corrected chi connectivity index (χ2v) is 6.55. The Labute approximate surface area is 105 Å². The summed E-state index contributed by atoms with van der Waals surface area (Å²) in [4.78, 5) is 14.3. The van der Waals surface area contributed by atoms with E-state index in [1.54, 1.807) is 0 Å². The third-order valence-electron chi connectivity index (χ3n) is 4.60. The van der Waals surface area contributed by atoms with Gasteiger partial charge in [-0.2, -0.15) is 0 Å². The molecule has 2 fully saturated rings. The summed E-state index contributed by atoms with van der Waals surface area (Å²) in [6, 6.07) is 0.234. The zero-order chi connectivity index (χ0) is 12.5. The number of likely N-dealkylation sites (tertiary alicyclic amines) is 1. The van der Waals surface area contributed by atoms with Crippen LogP contribution in [0.4, 0.5) is 0 Å². The van der Waals surface area contributed by atoms with Crippen molar-refractivity contribution in [1.29, 1.82) is 0 Å². The van der Waals surface area contributed by atoms with Crippen molar-refractivity contribution in [1.82, 2.24) is 4.90 Å². The van der Waals surface area contributed by atoms with Crippen LogP contribution in [0.25, 0.3) is 0 Å². The van der Waals surface area contributed by atoms with Crippen LogP contribution in [0.1, 0.15) is 52.4 Å². The average molecular weight is 238 g/mol. The van der Waals surface area contributed by atoms with Gasteiger partial charge in [-0.25, -0.2) is 0 Å². The lowest BCUT2D eigenvalue weighted by molar-refractivity contribution is -0.135. The van der Waals surface area contributed by atoms with Crippen LogP contribution >= 0.6 is 0 Å². The average Bonchev–Trinajstić information content (AvgIpc) is 2.74. The minimum Gasteiger partial charge on any atom is -0.342 e. The minimum atomic E-state index is 0.0730. The lowest BCUT2D eigenvalue weighted by Gasteiger charge is -2.42. The summed E-state index contributed by atoms with van der Waals surface area (Å²) in [6.07, 6.45) is 6.85. The van der Waals surface area contributed by atoms with Crippen molar-refractivity contribution >= 4 is 5.91 Å². The molecule has 1 aliphatic carbocycles. The Hall–Kier alpha value is -0.570. The van der Waals surface area contributed by atoms with Crippen LogP contribution in [-0.2, 0) is 4.79 Å². The molecule has 17 heavy (non-hydrogen) atoms. The molecule has 1 heterocycles. The molecular formula is C14H26N2O. The van der Waals surface area contributed by atoms with E-state index in [0.29, 0.717) is 11.8 Å². The topological polar surface area (TPSA) is 46.3 Å². The minimum absolute atomic E-state index is 0.0730. The lowest BCUT2D eigenvalue weighted by atomic mass is 9.79. The summed E-state index contributed by atoms with van der Waals surface area (Å²) < 4.78 is 0. The smallest absolute Gasteiger partial charge is 0.222 e. The molecule has 1 unspecified atom stereocenters. The zero-order valence-corrected chi connectivity index (χ0v) is 11.2. The third kappa shape index (κ3) is 3.01. The molecule has 0 radical (unpaired) electrons. The standard InChI is InChI=1S/C14H26N2O/c1-14(2)10-16(8-7-12(14)15)13(17)9-11-5-3-4-6-11/h11-12H,3-10,15H2,1-2H3. The molecule has 2 N–H and O–H groups in total. The summed E-state index contributed by atoms with van der Waals surface area (Å²) in [5.74, 6) is 1.01. The summed E-state index contributed by atoms with van der Waals surface area (Å²) in [5.41, 5.74) is 6.17. The number of rotatable bonds is 2. The first kappa shape index (κ1) is 12.9. The van der Waals surface area contributed by atoms with Gasteiger partial charge in [0.05, 0.1) is 0 Å². The first-order valence-electron chi connectivity index (χ1n) is 7.02. The summed E-state index contributed by atoms with van der Waals surface area (Å²) >= 11 is 0. The second-order valence-electron chi connectivity index (χ2n) is 6.55. The van der Waals surface area contributed by atoms with Crippen LogP contribution < -0.4 is 5.73 Å². The molecular weight excluding hydrogens is 212 g/mol. The van der Waals surface area contributed by atoms with Crippen LogP contribution in [0, 0.1) is 11.3 Å². The van der Waals surface area contributed by atoms with E-state index in [0.717, 1.165) is 25.9 Å². The molecule has 1 aliphatic heterocycles. The van der Waals surface area contributed by atoms with E-state index in [4.69, 9.17) is 5.73 Å². The normalized spacial score (nSPS) is 29.6. The third-order valence-corrected chi connectivity index (χ3v) is 4.60. The van der Waals surface area contributed by atoms with Gasteiger partial charge in [0.2, 0.25) is 5.91 Å². The number of carbonyl (C=O) groups is 1. The van der Waals surface area contributed by atoms with E-state index in [1.807, 2.05) is 4.90 Å². The summed E-state index contributed by atoms with van der Waals surface area (Å²) in [6.45, 7) is 6.04. The molecule has 98 valence electrons. The molecule has 1 saturated heterocycles. The highest BCUT2D eigenvalue weighted by atomic mass is 16.2. The van der Waals surface area contributed by atoms with Crippen molar-refractivity contribution in [2.24, 2.45) is 17.1 Å². The van der Waals surface area contributed by atoms with E-state index in [9.17, 15) is 4.79 Å². The van der Waals surface area contributed by atoms with Gasteiger partial charge in [-0.15, -0.1) is 0 Å². The predicted octanol–water partition coefficient (Wildman–Crippen LogP) is 2.15. The van der Waals surface area contributed by atoms with Crippen molar-refractivity contribution < 1.29 is 4.79 Å². The van der Waals surface area contributed by atoms with Crippen LogP contribution in [0.5, 0.6) is 0 Å². The van der Waals surface area contributed by atoms with Crippen molar-refractivity contribution in [3.63, 3.8) is 0 Å². The highest BCUT2D eigenvalue weighted by Crippen LogP contribution is 2.31. The number of carbonyl (C=O) groups excluding carboxylic acids is 1. The number of amides is 1. The van der Waals surface area contributed by atoms with Gasteiger partial charge in [0.25, 0.3) is 0 Å². The van der Waals surface area contributed by atoms with Crippen LogP contribution in [0.15, 0.2) is 0 Å². The summed E-state index contributed by atoms with van der Waals surface area (Å²) in [7, 11) is 0. The molecule has 0 aromatic rings. The molecule has 0 aromatic heterocycles. The van der Waals surface area contributed by atoms with E-state index in [2.05, 4.69) is 13.8 Å². The van der Waals surface area contributed by atoms with Gasteiger partial charge < -0.3 is 10.6 Å². The maximum absolute atomic E-state index is 12.2. The quantitative estimate of drug-likeness (QED) is 0.801. The number of hydrogen-bond donors (Lipinski definition) is 1. The van der Waals surface area contributed by atoms with Gasteiger partial charge in [0.15, 0.2) is 0 Å². The molecule has 1 atom stereocenters. The molecule has 2 rings (SSSR count). The fourth-order valence-electron chi connectivity index (χ4n) is 3.18. The molecule has 0 bridgehead atoms. The van der Waals surface area contributed by atoms with Crippen molar-refractivity contribution in [2.45, 2.75) is 58.4 Å². The largest absolute Gasteiger partial charge is 0.342 e. The Kier molecular flexibility index (Phi) is 3.76. The number of nitrogens with zero attached hydrogens (tertiary/aromatic N) is 1. The Morgan fingerprint density at radius 3 is 2.53 bits per heavy atom. The molecule has 1 amide bonds. The van der Waals surface area contributed by atoms with Gasteiger partial charge in [-0.3, -0.25) is 4.79 Å². The highest BCUT2D eigenvalue weighted by Gasteiger charge is 2.35. The van der Waals surface area contributed by atoms with Crippen molar-refractivity contribution in [2.75, 3.05) is 13.1 Å². The maximum Gasteiger partial charge on any atom is 0.222 e. The number of hydrogen-bond acceptors (Lipinski definition) is 2. The molecule has 0 spiro atoms. The number of piperidine rings is 1. The van der Waals surface area contributed by atoms with Gasteiger partial charge in [0, 0.05) is 25.6 Å². The Balaban J connectivity index is 1.87. The Bertz CT molecular complexity index is 282. The van der Waals surface area contributed by atoms with Crippen LogP contribution in [-0.4, -0.2) is 29.9 Å². The van der Waals surface area contributed by atoms with Gasteiger partial charge >= 0.3 is 0 Å². The first-order valence-corrected chi connectivity index (χ1v) is 7.02. The molecule has 0 aromatic carbocycles. The van der Waals surface area contributed by atoms with E-state index < -0.39 is 0 Å². The van der Waals surface area contributed by atoms with Gasteiger partial charge in [-0.05, 0) is 30.6 Å². The number of nitrogens with two attached hydrogens (primary N) is 1. The van der Waals surface area contributed by atoms with Gasteiger partial charge in [-0.1, -0.05) is 26.7 Å². The highest BCUT2D eigenvalue weighted by molar-refractivity contribution is 5.76. The van der Waals surface area contributed by atoms with E-state index in [-0.39, 0.29) is 11.5 Å². The van der Waals surface area contributed by atoms with Crippen LogP contribution in [0.2, 0.25) is 0 Å². The van der Waals surface area contributed by atoms with Crippen LogP contribution in [0.3, 0.4) is 0 Å². The van der Waals surface area contributed by atoms with Crippen molar-refractivity contribution in [3.05, 3.63) is 0 Å². The first-order chi connectivity index (χ1) is 7.99. The summed E-state index contributed by atoms with van der Waals surface area (Å²) in [5, 5.41) is 0. The molecule has 2 aliphatic rings. The Morgan fingerprint density at radius 2 is 1.94 bits per heavy atom. The monoisotopic (exact) mass is 238 g/mol. The maximum atomic E-state index is 12.2. The zero-order valence-electron chi connectivity index (χ0n) is 11.2. The fraction of sp³-hybridized carbons (Fsp3) is 0.929. The molecule has 3 nitrogen and oxygen atoms in total. The van der Waals surface area contributed by atoms with Gasteiger partial charge in [0.1, 0.15) is 0 Å². The van der Waals surface area contributed by atoms with E-state index in [1.165, 1.54) is 25.7 Å². The van der Waals surface area contributed by atoms with E-state index >= 15 is 0 Å². The van der Waals surface area contributed by atoms with Crippen molar-refractivity contribution in [3.8, 4) is 0 Å². The second kappa shape index (κ2) is 4.97. The lowest BCUT2D eigenvalue weighted by Crippen LogP contribution is -2.54. The Morgan fingerprint density at radius 1 is 1.29 bits per heavy atom. The SMILES string of the molecule is CC1(C)CN(C(=O)CC2CCCC2)CCC1N. The molecule has 1 saturated carbocycles.